The second-order valence-electron chi connectivity index (χ2n) is 1.91. The largest absolute Gasteiger partial charge is 0.467 e. The molecule has 0 spiro atoms. The van der Waals surface area contributed by atoms with Crippen molar-refractivity contribution in [1.82, 2.24) is 9.97 Å². The van der Waals surface area contributed by atoms with E-state index in [2.05, 4.69) is 14.7 Å². The van der Waals surface area contributed by atoms with E-state index in [0.717, 1.165) is 5.69 Å². The highest BCUT2D eigenvalue weighted by molar-refractivity contribution is 5.85. The molecule has 1 heterocycles. The molecule has 4 nitrogen and oxygen atoms in total. The fraction of sp³-hybridized carbons (Fsp3) is 0.286. The Kier molecular flexibility index (Phi) is 5.91. The second-order valence-corrected chi connectivity index (χ2v) is 1.91. The summed E-state index contributed by atoms with van der Waals surface area (Å²) in [6, 6.07) is 0. The van der Waals surface area contributed by atoms with Crippen LogP contribution in [0.15, 0.2) is 18.6 Å². The predicted octanol–water partition coefficient (Wildman–Crippen LogP) is 0.614. The predicted molar refractivity (Wildman–Crippen MR) is 45.0 cm³/mol. The monoisotopic (exact) mass is 188 g/mol. The smallest absolute Gasteiger partial charge is 0.293 e. The van der Waals surface area contributed by atoms with Crippen LogP contribution in [0.25, 0.3) is 0 Å². The van der Waals surface area contributed by atoms with Gasteiger partial charge in [-0.15, -0.1) is 12.4 Å². The Morgan fingerprint density at radius 3 is 2.92 bits per heavy atom. The van der Waals surface area contributed by atoms with Crippen molar-refractivity contribution in [2.24, 2.45) is 0 Å². The number of aromatic nitrogens is 2. The van der Waals surface area contributed by atoms with Gasteiger partial charge < -0.3 is 4.74 Å². The molecule has 0 unspecified atom stereocenters. The third kappa shape index (κ3) is 3.88. The Labute approximate surface area is 76.4 Å². The fourth-order valence-corrected chi connectivity index (χ4v) is 0.671. The van der Waals surface area contributed by atoms with Crippen molar-refractivity contribution in [2.75, 3.05) is 6.61 Å². The SMILES string of the molecule is Cl.O=COCCc1cnccn1. The van der Waals surface area contributed by atoms with Gasteiger partial charge in [-0.2, -0.15) is 0 Å². The molecular weight excluding hydrogens is 180 g/mol. The van der Waals surface area contributed by atoms with E-state index < -0.39 is 0 Å². The van der Waals surface area contributed by atoms with Gasteiger partial charge in [-0.1, -0.05) is 0 Å². The van der Waals surface area contributed by atoms with Crippen LogP contribution >= 0.6 is 12.4 Å². The van der Waals surface area contributed by atoms with Gasteiger partial charge in [0.15, 0.2) is 0 Å². The molecule has 0 aliphatic carbocycles. The number of carbonyl (C=O) groups is 1. The highest BCUT2D eigenvalue weighted by Crippen LogP contribution is 1.90. The molecule has 5 heteroatoms. The van der Waals surface area contributed by atoms with Crippen molar-refractivity contribution in [3.63, 3.8) is 0 Å². The zero-order chi connectivity index (χ0) is 7.94. The first kappa shape index (κ1) is 10.8. The number of hydrogen-bond acceptors (Lipinski definition) is 4. The molecule has 1 aromatic heterocycles. The highest BCUT2D eigenvalue weighted by atomic mass is 35.5. The summed E-state index contributed by atoms with van der Waals surface area (Å²) in [5, 5.41) is 0. The minimum Gasteiger partial charge on any atom is -0.467 e. The molecule has 0 saturated heterocycles. The minimum atomic E-state index is 0. The van der Waals surface area contributed by atoms with Crippen LogP contribution < -0.4 is 0 Å². The zero-order valence-electron chi connectivity index (χ0n) is 6.34. The first-order valence-electron chi connectivity index (χ1n) is 3.23. The maximum Gasteiger partial charge on any atom is 0.293 e. The van der Waals surface area contributed by atoms with E-state index in [4.69, 9.17) is 0 Å². The lowest BCUT2D eigenvalue weighted by molar-refractivity contribution is -0.128. The maximum atomic E-state index is 9.74. The number of ether oxygens (including phenoxy) is 1. The molecule has 1 aromatic rings. The van der Waals surface area contributed by atoms with E-state index in [1.807, 2.05) is 0 Å². The standard InChI is InChI=1S/C7H8N2O2.ClH/c10-6-11-4-1-7-5-8-2-3-9-7;/h2-3,5-6H,1,4H2;1H. The quantitative estimate of drug-likeness (QED) is 0.513. The van der Waals surface area contributed by atoms with Gasteiger partial charge in [0.2, 0.25) is 0 Å². The summed E-state index contributed by atoms with van der Waals surface area (Å²) < 4.78 is 4.49. The van der Waals surface area contributed by atoms with Crippen LogP contribution in [-0.4, -0.2) is 23.0 Å². The van der Waals surface area contributed by atoms with Crippen molar-refractivity contribution in [1.29, 1.82) is 0 Å². The molecule has 1 rings (SSSR count). The fourth-order valence-electron chi connectivity index (χ4n) is 0.671. The van der Waals surface area contributed by atoms with Crippen LogP contribution in [0.1, 0.15) is 5.69 Å². The minimum absolute atomic E-state index is 0. The van der Waals surface area contributed by atoms with Crippen molar-refractivity contribution in [2.45, 2.75) is 6.42 Å². The van der Waals surface area contributed by atoms with Crippen molar-refractivity contribution in [3.05, 3.63) is 24.3 Å². The van der Waals surface area contributed by atoms with Gasteiger partial charge >= 0.3 is 0 Å². The zero-order valence-corrected chi connectivity index (χ0v) is 7.16. The maximum absolute atomic E-state index is 9.74. The molecule has 0 amide bonds. The van der Waals surface area contributed by atoms with Crippen LogP contribution in [0.4, 0.5) is 0 Å². The number of carbonyl (C=O) groups excluding carboxylic acids is 1. The van der Waals surface area contributed by atoms with E-state index in [1.165, 1.54) is 0 Å². The molecule has 0 saturated carbocycles. The van der Waals surface area contributed by atoms with Gasteiger partial charge in [0.1, 0.15) is 0 Å². The summed E-state index contributed by atoms with van der Waals surface area (Å²) in [5.41, 5.74) is 0.828. The van der Waals surface area contributed by atoms with Crippen LogP contribution in [0.3, 0.4) is 0 Å². The van der Waals surface area contributed by atoms with Gasteiger partial charge in [0, 0.05) is 25.0 Å². The highest BCUT2D eigenvalue weighted by Gasteiger charge is 1.91. The van der Waals surface area contributed by atoms with Crippen molar-refractivity contribution in [3.8, 4) is 0 Å². The van der Waals surface area contributed by atoms with Crippen LogP contribution in [0, 0.1) is 0 Å². The molecule has 0 atom stereocenters. The Morgan fingerprint density at radius 1 is 1.50 bits per heavy atom. The lowest BCUT2D eigenvalue weighted by Crippen LogP contribution is -1.98. The van der Waals surface area contributed by atoms with Crippen LogP contribution in [-0.2, 0) is 16.0 Å². The summed E-state index contributed by atoms with van der Waals surface area (Å²) in [5.74, 6) is 0. The van der Waals surface area contributed by atoms with Crippen LogP contribution in [0.2, 0.25) is 0 Å². The van der Waals surface area contributed by atoms with E-state index in [9.17, 15) is 4.79 Å². The average Bonchev–Trinajstić information content (AvgIpc) is 2.07. The van der Waals surface area contributed by atoms with E-state index in [-0.39, 0.29) is 12.4 Å². The molecule has 0 aliphatic heterocycles. The normalized spacial score (nSPS) is 8.33. The third-order valence-corrected chi connectivity index (χ3v) is 1.16. The molecule has 0 fully saturated rings. The topological polar surface area (TPSA) is 52.1 Å². The molecular formula is C7H9ClN2O2. The van der Waals surface area contributed by atoms with Crippen LogP contribution in [0.5, 0.6) is 0 Å². The summed E-state index contributed by atoms with van der Waals surface area (Å²) in [7, 11) is 0. The first-order valence-corrected chi connectivity index (χ1v) is 3.23. The number of nitrogens with zero attached hydrogens (tertiary/aromatic N) is 2. The number of hydrogen-bond donors (Lipinski definition) is 0. The Balaban J connectivity index is 0.00000121. The lowest BCUT2D eigenvalue weighted by atomic mass is 10.3. The molecule has 0 N–H and O–H groups in total. The van der Waals surface area contributed by atoms with Crippen molar-refractivity contribution < 1.29 is 9.53 Å². The molecule has 66 valence electrons. The summed E-state index contributed by atoms with van der Waals surface area (Å²) in [6.07, 6.45) is 5.47. The number of halogens is 1. The van der Waals surface area contributed by atoms with E-state index in [0.29, 0.717) is 19.5 Å². The molecule has 12 heavy (non-hydrogen) atoms. The van der Waals surface area contributed by atoms with Gasteiger partial charge in [-0.05, 0) is 0 Å². The van der Waals surface area contributed by atoms with Gasteiger partial charge in [0.25, 0.3) is 6.47 Å². The molecule has 0 aromatic carbocycles. The third-order valence-electron chi connectivity index (χ3n) is 1.16. The summed E-state index contributed by atoms with van der Waals surface area (Å²) in [4.78, 5) is 17.6. The van der Waals surface area contributed by atoms with E-state index >= 15 is 0 Å². The van der Waals surface area contributed by atoms with Gasteiger partial charge in [-0.3, -0.25) is 14.8 Å². The first-order chi connectivity index (χ1) is 5.43. The molecule has 0 aliphatic rings. The second kappa shape index (κ2) is 6.54. The molecule has 0 radical (unpaired) electrons. The lowest BCUT2D eigenvalue weighted by Gasteiger charge is -1.96. The Morgan fingerprint density at radius 2 is 2.33 bits per heavy atom. The van der Waals surface area contributed by atoms with E-state index in [1.54, 1.807) is 18.6 Å². The summed E-state index contributed by atoms with van der Waals surface area (Å²) in [6.45, 7) is 0.790. The summed E-state index contributed by atoms with van der Waals surface area (Å²) >= 11 is 0. The Bertz CT molecular complexity index is 218. The average molecular weight is 189 g/mol. The molecule has 0 bridgehead atoms. The van der Waals surface area contributed by atoms with Crippen molar-refractivity contribution >= 4 is 18.9 Å². The Hall–Kier alpha value is -1.16. The van der Waals surface area contributed by atoms with Gasteiger partial charge in [0.05, 0.1) is 12.3 Å². The number of rotatable bonds is 4. The van der Waals surface area contributed by atoms with Gasteiger partial charge in [-0.25, -0.2) is 0 Å².